The van der Waals surface area contributed by atoms with Crippen LogP contribution in [0.5, 0.6) is 11.5 Å². The Kier molecular flexibility index (Phi) is 3.08. The van der Waals surface area contributed by atoms with Crippen LogP contribution in [0, 0.1) is 0 Å². The summed E-state index contributed by atoms with van der Waals surface area (Å²) in [7, 11) is 1.54. The highest BCUT2D eigenvalue weighted by Crippen LogP contribution is 2.29. The summed E-state index contributed by atoms with van der Waals surface area (Å²) in [5, 5.41) is 13.0. The van der Waals surface area contributed by atoms with Gasteiger partial charge in [0.1, 0.15) is 0 Å². The highest BCUT2D eigenvalue weighted by Gasteiger charge is 2.16. The molecule has 4 heteroatoms. The summed E-state index contributed by atoms with van der Waals surface area (Å²) in [6.45, 7) is 2.24. The van der Waals surface area contributed by atoms with Gasteiger partial charge in [0.15, 0.2) is 11.5 Å². The molecule has 1 fully saturated rings. The number of hydrogen-bond donors (Lipinski definition) is 2. The van der Waals surface area contributed by atoms with Crippen LogP contribution >= 0.6 is 0 Å². The van der Waals surface area contributed by atoms with Crippen LogP contribution < -0.4 is 10.1 Å². The van der Waals surface area contributed by atoms with Crippen LogP contribution in [0.15, 0.2) is 18.2 Å². The SMILES string of the molecule is COc1ccc([C@H]2COCCN2)cc1O. The van der Waals surface area contributed by atoms with E-state index in [1.54, 1.807) is 12.1 Å². The fourth-order valence-corrected chi connectivity index (χ4v) is 1.70. The van der Waals surface area contributed by atoms with Crippen LogP contribution in [0.3, 0.4) is 0 Å². The summed E-state index contributed by atoms with van der Waals surface area (Å²) in [5.41, 5.74) is 1.02. The molecule has 0 spiro atoms. The minimum atomic E-state index is 0.163. The van der Waals surface area contributed by atoms with Crippen molar-refractivity contribution in [2.24, 2.45) is 0 Å². The van der Waals surface area contributed by atoms with E-state index < -0.39 is 0 Å². The molecule has 0 saturated carbocycles. The van der Waals surface area contributed by atoms with Crippen molar-refractivity contribution in [3.63, 3.8) is 0 Å². The normalized spacial score (nSPS) is 21.3. The summed E-state index contributed by atoms with van der Waals surface area (Å²) in [5.74, 6) is 0.665. The van der Waals surface area contributed by atoms with Gasteiger partial charge in [0.25, 0.3) is 0 Å². The second kappa shape index (κ2) is 4.51. The van der Waals surface area contributed by atoms with Crippen LogP contribution in [0.1, 0.15) is 11.6 Å². The number of rotatable bonds is 2. The smallest absolute Gasteiger partial charge is 0.160 e. The minimum Gasteiger partial charge on any atom is -0.504 e. The molecule has 1 aromatic rings. The Balaban J connectivity index is 2.17. The standard InChI is InChI=1S/C11H15NO3/c1-14-11-3-2-8(6-10(11)13)9-7-15-5-4-12-9/h2-3,6,9,12-13H,4-5,7H2,1H3/t9-/m1/s1. The molecule has 15 heavy (non-hydrogen) atoms. The predicted octanol–water partition coefficient (Wildman–Crippen LogP) is 1.06. The van der Waals surface area contributed by atoms with Crippen LogP contribution in [0.25, 0.3) is 0 Å². The van der Waals surface area contributed by atoms with Gasteiger partial charge in [0.05, 0.1) is 26.4 Å². The Bertz CT molecular complexity index is 335. The summed E-state index contributed by atoms with van der Waals surface area (Å²) in [6.07, 6.45) is 0. The quantitative estimate of drug-likeness (QED) is 0.764. The van der Waals surface area contributed by atoms with E-state index in [1.807, 2.05) is 6.07 Å². The average molecular weight is 209 g/mol. The lowest BCUT2D eigenvalue weighted by molar-refractivity contribution is 0.0768. The van der Waals surface area contributed by atoms with Crippen molar-refractivity contribution < 1.29 is 14.6 Å². The van der Waals surface area contributed by atoms with E-state index in [9.17, 15) is 5.11 Å². The first kappa shape index (κ1) is 10.3. The molecule has 0 aliphatic carbocycles. The highest BCUT2D eigenvalue weighted by atomic mass is 16.5. The molecule has 0 amide bonds. The maximum absolute atomic E-state index is 9.63. The predicted molar refractivity (Wildman–Crippen MR) is 56.2 cm³/mol. The fourth-order valence-electron chi connectivity index (χ4n) is 1.70. The number of phenolic OH excluding ortho intramolecular Hbond substituents is 1. The number of nitrogens with one attached hydrogen (secondary N) is 1. The zero-order chi connectivity index (χ0) is 10.7. The number of ether oxygens (including phenoxy) is 2. The maximum atomic E-state index is 9.63. The Morgan fingerprint density at radius 3 is 3.00 bits per heavy atom. The number of morpholine rings is 1. The number of phenols is 1. The van der Waals surface area contributed by atoms with E-state index in [0.29, 0.717) is 12.4 Å². The summed E-state index contributed by atoms with van der Waals surface area (Å²) in [4.78, 5) is 0. The van der Waals surface area contributed by atoms with Gasteiger partial charge >= 0.3 is 0 Å². The molecule has 2 N–H and O–H groups in total. The molecule has 1 saturated heterocycles. The van der Waals surface area contributed by atoms with E-state index in [1.165, 1.54) is 7.11 Å². The Morgan fingerprint density at radius 2 is 2.40 bits per heavy atom. The molecule has 4 nitrogen and oxygen atoms in total. The zero-order valence-electron chi connectivity index (χ0n) is 8.69. The second-order valence-corrected chi connectivity index (χ2v) is 3.51. The number of methoxy groups -OCH3 is 1. The summed E-state index contributed by atoms with van der Waals surface area (Å²) in [6, 6.07) is 5.58. The Hall–Kier alpha value is -1.26. The van der Waals surface area contributed by atoms with Crippen molar-refractivity contribution in [3.8, 4) is 11.5 Å². The first-order valence-electron chi connectivity index (χ1n) is 4.99. The molecular formula is C11H15NO3. The van der Waals surface area contributed by atoms with Crippen molar-refractivity contribution in [1.82, 2.24) is 5.32 Å². The van der Waals surface area contributed by atoms with Gasteiger partial charge in [0, 0.05) is 6.54 Å². The average Bonchev–Trinajstić information content (AvgIpc) is 2.30. The number of aromatic hydroxyl groups is 1. The Labute approximate surface area is 88.8 Å². The molecule has 1 aromatic carbocycles. The molecule has 0 bridgehead atoms. The van der Waals surface area contributed by atoms with Crippen molar-refractivity contribution in [3.05, 3.63) is 23.8 Å². The van der Waals surface area contributed by atoms with Crippen LogP contribution in [-0.2, 0) is 4.74 Å². The topological polar surface area (TPSA) is 50.7 Å². The van der Waals surface area contributed by atoms with Crippen LogP contribution in [0.2, 0.25) is 0 Å². The van der Waals surface area contributed by atoms with Gasteiger partial charge in [0.2, 0.25) is 0 Å². The van der Waals surface area contributed by atoms with Crippen molar-refractivity contribution >= 4 is 0 Å². The molecule has 2 rings (SSSR count). The fraction of sp³-hybridized carbons (Fsp3) is 0.455. The highest BCUT2D eigenvalue weighted by molar-refractivity contribution is 5.42. The third-order valence-corrected chi connectivity index (χ3v) is 2.53. The molecule has 0 aromatic heterocycles. The molecular weight excluding hydrogens is 194 g/mol. The molecule has 0 radical (unpaired) electrons. The largest absolute Gasteiger partial charge is 0.504 e. The van der Waals surface area contributed by atoms with Gasteiger partial charge in [-0.05, 0) is 17.7 Å². The van der Waals surface area contributed by atoms with E-state index in [4.69, 9.17) is 9.47 Å². The van der Waals surface area contributed by atoms with Gasteiger partial charge in [-0.2, -0.15) is 0 Å². The Morgan fingerprint density at radius 1 is 1.53 bits per heavy atom. The molecule has 1 atom stereocenters. The molecule has 1 aliphatic rings. The van der Waals surface area contributed by atoms with Crippen LogP contribution in [-0.4, -0.2) is 32.0 Å². The van der Waals surface area contributed by atoms with Gasteiger partial charge < -0.3 is 19.9 Å². The summed E-state index contributed by atoms with van der Waals surface area (Å²) < 4.78 is 10.3. The van der Waals surface area contributed by atoms with Gasteiger partial charge in [-0.15, -0.1) is 0 Å². The lowest BCUT2D eigenvalue weighted by atomic mass is 10.1. The summed E-state index contributed by atoms with van der Waals surface area (Å²) >= 11 is 0. The third kappa shape index (κ3) is 2.22. The first-order chi connectivity index (χ1) is 7.31. The minimum absolute atomic E-state index is 0.163. The second-order valence-electron chi connectivity index (χ2n) is 3.51. The van der Waals surface area contributed by atoms with Gasteiger partial charge in [-0.1, -0.05) is 6.07 Å². The van der Waals surface area contributed by atoms with E-state index in [2.05, 4.69) is 5.32 Å². The van der Waals surface area contributed by atoms with Crippen molar-refractivity contribution in [2.75, 3.05) is 26.9 Å². The number of hydrogen-bond acceptors (Lipinski definition) is 4. The third-order valence-electron chi connectivity index (χ3n) is 2.53. The molecule has 1 aliphatic heterocycles. The molecule has 1 heterocycles. The van der Waals surface area contributed by atoms with Crippen molar-refractivity contribution in [2.45, 2.75) is 6.04 Å². The van der Waals surface area contributed by atoms with E-state index in [-0.39, 0.29) is 11.8 Å². The first-order valence-corrected chi connectivity index (χ1v) is 4.99. The van der Waals surface area contributed by atoms with Crippen LogP contribution in [0.4, 0.5) is 0 Å². The monoisotopic (exact) mass is 209 g/mol. The molecule has 0 unspecified atom stereocenters. The van der Waals surface area contributed by atoms with E-state index >= 15 is 0 Å². The van der Waals surface area contributed by atoms with Crippen molar-refractivity contribution in [1.29, 1.82) is 0 Å². The number of benzene rings is 1. The lowest BCUT2D eigenvalue weighted by Gasteiger charge is -2.24. The lowest BCUT2D eigenvalue weighted by Crippen LogP contribution is -2.34. The zero-order valence-corrected chi connectivity index (χ0v) is 8.69. The maximum Gasteiger partial charge on any atom is 0.160 e. The van der Waals surface area contributed by atoms with Gasteiger partial charge in [-0.3, -0.25) is 0 Å². The van der Waals surface area contributed by atoms with Gasteiger partial charge in [-0.25, -0.2) is 0 Å². The molecule has 82 valence electrons. The van der Waals surface area contributed by atoms with E-state index in [0.717, 1.165) is 18.7 Å².